The topological polar surface area (TPSA) is 12.5 Å². The lowest BCUT2D eigenvalue weighted by molar-refractivity contribution is 0.131. The van der Waals surface area contributed by atoms with Crippen molar-refractivity contribution in [1.29, 1.82) is 0 Å². The van der Waals surface area contributed by atoms with Gasteiger partial charge in [0.2, 0.25) is 0 Å². The molecule has 1 fully saturated rings. The first kappa shape index (κ1) is 14.0. The van der Waals surface area contributed by atoms with Gasteiger partial charge in [0.15, 0.2) is 0 Å². The minimum absolute atomic E-state index is 0.433. The van der Waals surface area contributed by atoms with Crippen molar-refractivity contribution in [2.75, 3.05) is 31.7 Å². The highest BCUT2D eigenvalue weighted by Gasteiger charge is 2.21. The zero-order chi connectivity index (χ0) is 13.0. The van der Waals surface area contributed by atoms with Gasteiger partial charge in [-0.25, -0.2) is 0 Å². The molecule has 1 aliphatic rings. The second kappa shape index (κ2) is 6.65. The molecular formula is C14H19Cl2NO. The summed E-state index contributed by atoms with van der Waals surface area (Å²) in [5, 5.41) is 0.730. The summed E-state index contributed by atoms with van der Waals surface area (Å²) in [6.07, 6.45) is 2.67. The van der Waals surface area contributed by atoms with Crippen LogP contribution in [0.15, 0.2) is 18.2 Å². The molecule has 0 bridgehead atoms. The molecule has 2 rings (SSSR count). The van der Waals surface area contributed by atoms with Gasteiger partial charge in [-0.2, -0.15) is 0 Å². The van der Waals surface area contributed by atoms with E-state index in [4.69, 9.17) is 27.9 Å². The van der Waals surface area contributed by atoms with Crippen molar-refractivity contribution in [3.05, 3.63) is 28.8 Å². The van der Waals surface area contributed by atoms with Crippen LogP contribution in [-0.4, -0.2) is 26.8 Å². The first-order valence-electron chi connectivity index (χ1n) is 6.34. The van der Waals surface area contributed by atoms with Crippen LogP contribution in [0.4, 0.5) is 5.69 Å². The maximum absolute atomic E-state index is 6.14. The van der Waals surface area contributed by atoms with Gasteiger partial charge < -0.3 is 9.64 Å². The minimum atomic E-state index is 0.433. The number of hydrogen-bond acceptors (Lipinski definition) is 2. The van der Waals surface area contributed by atoms with E-state index in [1.165, 1.54) is 12.8 Å². The molecule has 1 aliphatic carbocycles. The van der Waals surface area contributed by atoms with Crippen molar-refractivity contribution in [3.63, 3.8) is 0 Å². The average molecular weight is 288 g/mol. The van der Waals surface area contributed by atoms with Crippen molar-refractivity contribution in [3.8, 4) is 0 Å². The Morgan fingerprint density at radius 1 is 1.39 bits per heavy atom. The van der Waals surface area contributed by atoms with Gasteiger partial charge in [0.05, 0.1) is 12.5 Å². The summed E-state index contributed by atoms with van der Waals surface area (Å²) in [7, 11) is 2.04. The number of nitrogens with zero attached hydrogens (tertiary/aromatic N) is 1. The SMILES string of the molecule is CN(CCOCC1CC1)c1cccc(Cl)c1CCl. The molecule has 18 heavy (non-hydrogen) atoms. The molecule has 1 saturated carbocycles. The minimum Gasteiger partial charge on any atom is -0.379 e. The molecule has 0 aromatic heterocycles. The zero-order valence-electron chi connectivity index (χ0n) is 10.7. The first-order valence-corrected chi connectivity index (χ1v) is 7.26. The molecule has 1 aromatic rings. The predicted octanol–water partition coefficient (Wildman–Crippen LogP) is 3.94. The Kier molecular flexibility index (Phi) is 5.16. The highest BCUT2D eigenvalue weighted by Crippen LogP contribution is 2.29. The fourth-order valence-corrected chi connectivity index (χ4v) is 2.48. The monoisotopic (exact) mass is 287 g/mol. The fourth-order valence-electron chi connectivity index (χ4n) is 1.89. The summed E-state index contributed by atoms with van der Waals surface area (Å²) < 4.78 is 5.65. The second-order valence-electron chi connectivity index (χ2n) is 4.81. The lowest BCUT2D eigenvalue weighted by Crippen LogP contribution is -2.24. The number of ether oxygens (including phenoxy) is 1. The van der Waals surface area contributed by atoms with E-state index in [0.717, 1.165) is 41.9 Å². The van der Waals surface area contributed by atoms with E-state index in [-0.39, 0.29) is 0 Å². The molecule has 0 aliphatic heterocycles. The maximum Gasteiger partial charge on any atom is 0.0641 e. The van der Waals surface area contributed by atoms with Gasteiger partial charge in [-0.05, 0) is 30.9 Å². The Morgan fingerprint density at radius 3 is 2.83 bits per heavy atom. The summed E-state index contributed by atoms with van der Waals surface area (Å²) in [5.41, 5.74) is 2.08. The highest BCUT2D eigenvalue weighted by molar-refractivity contribution is 6.32. The molecule has 1 aromatic carbocycles. The summed E-state index contributed by atoms with van der Waals surface area (Å²) >= 11 is 12.1. The van der Waals surface area contributed by atoms with Gasteiger partial charge in [0, 0.05) is 36.5 Å². The molecular weight excluding hydrogens is 269 g/mol. The van der Waals surface area contributed by atoms with Crippen LogP contribution in [0.3, 0.4) is 0 Å². The normalized spacial score (nSPS) is 14.8. The molecule has 0 radical (unpaired) electrons. The van der Waals surface area contributed by atoms with Crippen molar-refractivity contribution in [2.45, 2.75) is 18.7 Å². The van der Waals surface area contributed by atoms with Gasteiger partial charge in [-0.15, -0.1) is 11.6 Å². The van der Waals surface area contributed by atoms with Crippen LogP contribution < -0.4 is 4.90 Å². The average Bonchev–Trinajstić information content (AvgIpc) is 3.18. The fraction of sp³-hybridized carbons (Fsp3) is 0.571. The number of halogens is 2. The van der Waals surface area contributed by atoms with Crippen LogP contribution in [0, 0.1) is 5.92 Å². The van der Waals surface area contributed by atoms with Gasteiger partial charge in [0.1, 0.15) is 0 Å². The summed E-state index contributed by atoms with van der Waals surface area (Å²) in [4.78, 5) is 2.15. The lowest BCUT2D eigenvalue weighted by Gasteiger charge is -2.22. The van der Waals surface area contributed by atoms with Crippen molar-refractivity contribution < 1.29 is 4.74 Å². The summed E-state index contributed by atoms with van der Waals surface area (Å²) in [6.45, 7) is 2.52. The van der Waals surface area contributed by atoms with Crippen LogP contribution in [0.1, 0.15) is 18.4 Å². The second-order valence-corrected chi connectivity index (χ2v) is 5.49. The molecule has 100 valence electrons. The van der Waals surface area contributed by atoms with Crippen molar-refractivity contribution in [2.24, 2.45) is 5.92 Å². The van der Waals surface area contributed by atoms with E-state index in [0.29, 0.717) is 5.88 Å². The van der Waals surface area contributed by atoms with E-state index in [9.17, 15) is 0 Å². The molecule has 4 heteroatoms. The molecule has 0 heterocycles. The third kappa shape index (κ3) is 3.78. The number of benzene rings is 1. The zero-order valence-corrected chi connectivity index (χ0v) is 12.2. The van der Waals surface area contributed by atoms with Crippen LogP contribution in [-0.2, 0) is 10.6 Å². The van der Waals surface area contributed by atoms with Crippen LogP contribution in [0.25, 0.3) is 0 Å². The third-order valence-corrected chi connectivity index (χ3v) is 3.88. The Bertz CT molecular complexity index is 393. The molecule has 0 unspecified atom stereocenters. The van der Waals surface area contributed by atoms with E-state index in [1.807, 2.05) is 25.2 Å². The summed E-state index contributed by atoms with van der Waals surface area (Å²) in [5.74, 6) is 1.25. The lowest BCUT2D eigenvalue weighted by atomic mass is 10.2. The quantitative estimate of drug-likeness (QED) is 0.556. The van der Waals surface area contributed by atoms with Gasteiger partial charge in [0.25, 0.3) is 0 Å². The van der Waals surface area contributed by atoms with Gasteiger partial charge in [-0.1, -0.05) is 17.7 Å². The van der Waals surface area contributed by atoms with Crippen molar-refractivity contribution in [1.82, 2.24) is 0 Å². The van der Waals surface area contributed by atoms with E-state index in [1.54, 1.807) is 0 Å². The van der Waals surface area contributed by atoms with E-state index < -0.39 is 0 Å². The molecule has 0 saturated heterocycles. The summed E-state index contributed by atoms with van der Waals surface area (Å²) in [6, 6.07) is 5.87. The standard InChI is InChI=1S/C14H19Cl2NO/c1-17(7-8-18-10-11-5-6-11)14-4-2-3-13(16)12(14)9-15/h2-4,11H,5-10H2,1H3. The number of anilines is 1. The predicted molar refractivity (Wildman–Crippen MR) is 77.8 cm³/mol. The van der Waals surface area contributed by atoms with Gasteiger partial charge >= 0.3 is 0 Å². The number of alkyl halides is 1. The largest absolute Gasteiger partial charge is 0.379 e. The van der Waals surface area contributed by atoms with E-state index in [2.05, 4.69) is 4.90 Å². The number of likely N-dealkylation sites (N-methyl/N-ethyl adjacent to an activating group) is 1. The molecule has 2 nitrogen and oxygen atoms in total. The molecule has 0 atom stereocenters. The Morgan fingerprint density at radius 2 is 2.17 bits per heavy atom. The first-order chi connectivity index (χ1) is 8.72. The van der Waals surface area contributed by atoms with Crippen molar-refractivity contribution >= 4 is 28.9 Å². The van der Waals surface area contributed by atoms with E-state index >= 15 is 0 Å². The Hall–Kier alpha value is -0.440. The Balaban J connectivity index is 1.86. The maximum atomic E-state index is 6.14. The molecule has 0 spiro atoms. The number of hydrogen-bond donors (Lipinski definition) is 0. The van der Waals surface area contributed by atoms with Gasteiger partial charge in [-0.3, -0.25) is 0 Å². The number of rotatable bonds is 7. The highest BCUT2D eigenvalue weighted by atomic mass is 35.5. The van der Waals surface area contributed by atoms with Crippen LogP contribution >= 0.6 is 23.2 Å². The van der Waals surface area contributed by atoms with Crippen LogP contribution in [0.5, 0.6) is 0 Å². The molecule has 0 N–H and O–H groups in total. The van der Waals surface area contributed by atoms with Crippen LogP contribution in [0.2, 0.25) is 5.02 Å². The Labute approximate surface area is 119 Å². The third-order valence-electron chi connectivity index (χ3n) is 3.26. The smallest absolute Gasteiger partial charge is 0.0641 e. The molecule has 0 amide bonds.